The molecule has 1 saturated heterocycles. The SMILES string of the molecule is O=C(O)CC1CCCN(CCOc2ccccc2F)C1. The van der Waals surface area contributed by atoms with E-state index in [4.69, 9.17) is 9.84 Å². The number of rotatable bonds is 6. The highest BCUT2D eigenvalue weighted by Gasteiger charge is 2.21. The van der Waals surface area contributed by atoms with E-state index in [9.17, 15) is 9.18 Å². The number of hydrogen-bond donors (Lipinski definition) is 1. The van der Waals surface area contributed by atoms with Crippen molar-refractivity contribution in [3.8, 4) is 5.75 Å². The van der Waals surface area contributed by atoms with Gasteiger partial charge in [0.1, 0.15) is 6.61 Å². The molecule has 0 saturated carbocycles. The lowest BCUT2D eigenvalue weighted by Crippen LogP contribution is -2.38. The number of carboxylic acids is 1. The molecule has 20 heavy (non-hydrogen) atoms. The lowest BCUT2D eigenvalue weighted by Gasteiger charge is -2.31. The fourth-order valence-corrected chi connectivity index (χ4v) is 2.61. The molecule has 1 heterocycles. The van der Waals surface area contributed by atoms with Crippen molar-refractivity contribution in [2.45, 2.75) is 19.3 Å². The van der Waals surface area contributed by atoms with E-state index in [-0.39, 0.29) is 23.9 Å². The number of halogens is 1. The summed E-state index contributed by atoms with van der Waals surface area (Å²) in [6.07, 6.45) is 2.21. The second kappa shape index (κ2) is 7.24. The Morgan fingerprint density at radius 3 is 3.00 bits per heavy atom. The Hall–Kier alpha value is -1.62. The largest absolute Gasteiger partial charge is 0.489 e. The Labute approximate surface area is 118 Å². The molecule has 1 aliphatic heterocycles. The fraction of sp³-hybridized carbons (Fsp3) is 0.533. The number of para-hydroxylation sites is 1. The van der Waals surface area contributed by atoms with E-state index in [0.29, 0.717) is 13.2 Å². The second-order valence-electron chi connectivity index (χ2n) is 5.19. The molecule has 1 aromatic rings. The number of hydrogen-bond acceptors (Lipinski definition) is 3. The van der Waals surface area contributed by atoms with Crippen molar-refractivity contribution in [3.05, 3.63) is 30.1 Å². The molecule has 0 radical (unpaired) electrons. The van der Waals surface area contributed by atoms with Gasteiger partial charge in [-0.15, -0.1) is 0 Å². The third kappa shape index (κ3) is 4.49. The summed E-state index contributed by atoms with van der Waals surface area (Å²) in [6, 6.07) is 6.35. The van der Waals surface area contributed by atoms with Crippen molar-refractivity contribution in [1.82, 2.24) is 4.90 Å². The van der Waals surface area contributed by atoms with Crippen LogP contribution in [-0.2, 0) is 4.79 Å². The Morgan fingerprint density at radius 2 is 2.25 bits per heavy atom. The topological polar surface area (TPSA) is 49.8 Å². The first kappa shape index (κ1) is 14.8. The van der Waals surface area contributed by atoms with E-state index in [1.807, 2.05) is 0 Å². The van der Waals surface area contributed by atoms with E-state index in [1.54, 1.807) is 18.2 Å². The minimum Gasteiger partial charge on any atom is -0.489 e. The van der Waals surface area contributed by atoms with Crippen LogP contribution in [0.1, 0.15) is 19.3 Å². The summed E-state index contributed by atoms with van der Waals surface area (Å²) in [5.41, 5.74) is 0. The molecular weight excluding hydrogens is 261 g/mol. The summed E-state index contributed by atoms with van der Waals surface area (Å²) in [6.45, 7) is 2.86. The Bertz CT molecular complexity index is 452. The zero-order chi connectivity index (χ0) is 14.4. The number of benzene rings is 1. The van der Waals surface area contributed by atoms with Gasteiger partial charge in [0.25, 0.3) is 0 Å². The Balaban J connectivity index is 1.74. The van der Waals surface area contributed by atoms with Gasteiger partial charge in [-0.25, -0.2) is 4.39 Å². The average molecular weight is 281 g/mol. The van der Waals surface area contributed by atoms with Crippen LogP contribution < -0.4 is 4.74 Å². The predicted molar refractivity (Wildman–Crippen MR) is 73.3 cm³/mol. The highest BCUT2D eigenvalue weighted by Crippen LogP contribution is 2.20. The highest BCUT2D eigenvalue weighted by molar-refractivity contribution is 5.67. The van der Waals surface area contributed by atoms with E-state index in [2.05, 4.69) is 4.90 Å². The first-order chi connectivity index (χ1) is 9.65. The van der Waals surface area contributed by atoms with Crippen LogP contribution >= 0.6 is 0 Å². The molecule has 1 atom stereocenters. The molecule has 0 aliphatic carbocycles. The van der Waals surface area contributed by atoms with Gasteiger partial charge < -0.3 is 9.84 Å². The molecule has 0 bridgehead atoms. The van der Waals surface area contributed by atoms with Crippen molar-refractivity contribution in [2.24, 2.45) is 5.92 Å². The van der Waals surface area contributed by atoms with Crippen LogP contribution in [0.3, 0.4) is 0 Å². The van der Waals surface area contributed by atoms with Crippen molar-refractivity contribution in [1.29, 1.82) is 0 Å². The average Bonchev–Trinajstić information content (AvgIpc) is 2.41. The summed E-state index contributed by atoms with van der Waals surface area (Å²) >= 11 is 0. The molecule has 1 fully saturated rings. The number of carboxylic acid groups (broad SMARTS) is 1. The summed E-state index contributed by atoms with van der Waals surface area (Å²) in [5, 5.41) is 8.82. The Morgan fingerprint density at radius 1 is 1.45 bits per heavy atom. The summed E-state index contributed by atoms with van der Waals surface area (Å²) in [5.74, 6) is -0.601. The standard InChI is InChI=1S/C15H20FNO3/c16-13-5-1-2-6-14(13)20-9-8-17-7-3-4-12(11-17)10-15(18)19/h1-2,5-6,12H,3-4,7-11H2,(H,18,19). The minimum absolute atomic E-state index is 0.217. The number of likely N-dealkylation sites (tertiary alicyclic amines) is 1. The minimum atomic E-state index is -0.737. The molecule has 4 nitrogen and oxygen atoms in total. The van der Waals surface area contributed by atoms with Crippen LogP contribution in [0.5, 0.6) is 5.75 Å². The lowest BCUT2D eigenvalue weighted by molar-refractivity contribution is -0.138. The Kier molecular flexibility index (Phi) is 5.35. The van der Waals surface area contributed by atoms with Crippen LogP contribution in [0, 0.1) is 11.7 Å². The molecular formula is C15H20FNO3. The summed E-state index contributed by atoms with van der Waals surface area (Å²) in [7, 11) is 0. The van der Waals surface area contributed by atoms with Gasteiger partial charge in [0, 0.05) is 19.5 Å². The van der Waals surface area contributed by atoms with Crippen LogP contribution in [0.2, 0.25) is 0 Å². The first-order valence-corrected chi connectivity index (χ1v) is 6.96. The molecule has 1 N–H and O–H groups in total. The maximum atomic E-state index is 13.4. The third-order valence-corrected chi connectivity index (χ3v) is 3.57. The van der Waals surface area contributed by atoms with Gasteiger partial charge in [-0.1, -0.05) is 12.1 Å². The van der Waals surface area contributed by atoms with Gasteiger partial charge in [-0.05, 0) is 37.4 Å². The van der Waals surface area contributed by atoms with Crippen LogP contribution in [0.15, 0.2) is 24.3 Å². The fourth-order valence-electron chi connectivity index (χ4n) is 2.61. The highest BCUT2D eigenvalue weighted by atomic mass is 19.1. The van der Waals surface area contributed by atoms with Gasteiger partial charge in [-0.3, -0.25) is 9.69 Å². The van der Waals surface area contributed by atoms with E-state index in [1.165, 1.54) is 6.07 Å². The number of aliphatic carboxylic acids is 1. The van der Waals surface area contributed by atoms with Gasteiger partial charge in [-0.2, -0.15) is 0 Å². The van der Waals surface area contributed by atoms with Gasteiger partial charge in [0.05, 0.1) is 0 Å². The van der Waals surface area contributed by atoms with Crippen molar-refractivity contribution in [2.75, 3.05) is 26.2 Å². The molecule has 0 amide bonds. The third-order valence-electron chi connectivity index (χ3n) is 3.57. The maximum absolute atomic E-state index is 13.4. The summed E-state index contributed by atoms with van der Waals surface area (Å²) < 4.78 is 18.8. The molecule has 1 unspecified atom stereocenters. The normalized spacial score (nSPS) is 19.8. The molecule has 110 valence electrons. The van der Waals surface area contributed by atoms with Gasteiger partial charge in [0.2, 0.25) is 0 Å². The van der Waals surface area contributed by atoms with Crippen molar-refractivity contribution in [3.63, 3.8) is 0 Å². The zero-order valence-corrected chi connectivity index (χ0v) is 11.4. The molecule has 1 aliphatic rings. The quantitative estimate of drug-likeness (QED) is 0.870. The first-order valence-electron chi connectivity index (χ1n) is 6.96. The van der Waals surface area contributed by atoms with E-state index < -0.39 is 5.97 Å². The van der Waals surface area contributed by atoms with Gasteiger partial charge >= 0.3 is 5.97 Å². The predicted octanol–water partition coefficient (Wildman–Crippen LogP) is 2.39. The van der Waals surface area contributed by atoms with E-state index >= 15 is 0 Å². The molecule has 0 spiro atoms. The van der Waals surface area contributed by atoms with Gasteiger partial charge in [0.15, 0.2) is 11.6 Å². The van der Waals surface area contributed by atoms with E-state index in [0.717, 1.165) is 25.9 Å². The van der Waals surface area contributed by atoms with Crippen molar-refractivity contribution >= 4 is 5.97 Å². The molecule has 1 aromatic carbocycles. The number of piperidine rings is 1. The maximum Gasteiger partial charge on any atom is 0.303 e. The zero-order valence-electron chi connectivity index (χ0n) is 11.4. The number of carbonyl (C=O) groups is 1. The van der Waals surface area contributed by atoms with Crippen LogP contribution in [-0.4, -0.2) is 42.2 Å². The second-order valence-corrected chi connectivity index (χ2v) is 5.19. The lowest BCUT2D eigenvalue weighted by atomic mass is 9.95. The smallest absolute Gasteiger partial charge is 0.303 e. The monoisotopic (exact) mass is 281 g/mol. The van der Waals surface area contributed by atoms with Crippen LogP contribution in [0.4, 0.5) is 4.39 Å². The molecule has 0 aromatic heterocycles. The van der Waals surface area contributed by atoms with Crippen molar-refractivity contribution < 1.29 is 19.0 Å². The molecule has 5 heteroatoms. The molecule has 2 rings (SSSR count). The number of ether oxygens (including phenoxy) is 1. The van der Waals surface area contributed by atoms with Crippen LogP contribution in [0.25, 0.3) is 0 Å². The summed E-state index contributed by atoms with van der Waals surface area (Å²) in [4.78, 5) is 12.9. The number of nitrogens with zero attached hydrogens (tertiary/aromatic N) is 1.